The molecular weight excluding hydrogens is 220 g/mol. The molecule has 0 aromatic carbocycles. The Morgan fingerprint density at radius 1 is 1.06 bits per heavy atom. The fourth-order valence-electron chi connectivity index (χ4n) is 3.01. The first-order chi connectivity index (χ1) is 8.77. The van der Waals surface area contributed by atoms with Gasteiger partial charge in [-0.2, -0.15) is 0 Å². The molecule has 0 saturated carbocycles. The van der Waals surface area contributed by atoms with E-state index in [4.69, 9.17) is 0 Å². The summed E-state index contributed by atoms with van der Waals surface area (Å²) >= 11 is 0. The predicted octanol–water partition coefficient (Wildman–Crippen LogP) is 3.67. The number of unbranched alkanes of at least 4 members (excludes halogenated alkanes) is 4. The number of hydrogen-bond acceptors (Lipinski definition) is 2. The largest absolute Gasteiger partial charge is 0.314 e. The van der Waals surface area contributed by atoms with Gasteiger partial charge in [0.15, 0.2) is 0 Å². The molecule has 0 radical (unpaired) electrons. The van der Waals surface area contributed by atoms with Gasteiger partial charge < -0.3 is 10.2 Å². The smallest absolute Gasteiger partial charge is 0.0117 e. The van der Waals surface area contributed by atoms with Crippen LogP contribution >= 0.6 is 0 Å². The summed E-state index contributed by atoms with van der Waals surface area (Å²) in [5.41, 5.74) is 0. The minimum absolute atomic E-state index is 0.765. The highest BCUT2D eigenvalue weighted by Crippen LogP contribution is 2.17. The first kappa shape index (κ1) is 16.0. The molecule has 1 rings (SSSR count). The van der Waals surface area contributed by atoms with Crippen LogP contribution in [0.5, 0.6) is 0 Å². The maximum atomic E-state index is 3.70. The molecule has 108 valence electrons. The van der Waals surface area contributed by atoms with Crippen molar-refractivity contribution in [3.63, 3.8) is 0 Å². The van der Waals surface area contributed by atoms with Crippen LogP contribution in [0.1, 0.15) is 65.7 Å². The quantitative estimate of drug-likeness (QED) is 0.632. The number of nitrogens with one attached hydrogen (secondary N) is 1. The molecule has 18 heavy (non-hydrogen) atoms. The lowest BCUT2D eigenvalue weighted by molar-refractivity contribution is 0.145. The first-order valence-corrected chi connectivity index (χ1v) is 8.23. The van der Waals surface area contributed by atoms with E-state index in [1.165, 1.54) is 71.1 Å². The van der Waals surface area contributed by atoms with Crippen molar-refractivity contribution in [2.75, 3.05) is 26.2 Å². The second-order valence-corrected chi connectivity index (χ2v) is 6.04. The molecule has 0 aromatic rings. The SMILES string of the molecule is CCCCCCCN1CCC(NCCC)C(C)C1. The third-order valence-electron chi connectivity index (χ3n) is 4.22. The van der Waals surface area contributed by atoms with Gasteiger partial charge >= 0.3 is 0 Å². The average molecular weight is 254 g/mol. The lowest BCUT2D eigenvalue weighted by Crippen LogP contribution is -2.48. The molecule has 0 bridgehead atoms. The Bertz CT molecular complexity index is 192. The molecule has 2 atom stereocenters. The van der Waals surface area contributed by atoms with Crippen LogP contribution in [0.2, 0.25) is 0 Å². The molecule has 0 aromatic heterocycles. The summed E-state index contributed by atoms with van der Waals surface area (Å²) in [7, 11) is 0. The highest BCUT2D eigenvalue weighted by molar-refractivity contribution is 4.82. The molecule has 0 spiro atoms. The summed E-state index contributed by atoms with van der Waals surface area (Å²) in [6.07, 6.45) is 9.63. The Labute approximate surface area is 115 Å². The van der Waals surface area contributed by atoms with Gasteiger partial charge in [0.25, 0.3) is 0 Å². The Morgan fingerprint density at radius 2 is 1.83 bits per heavy atom. The zero-order chi connectivity index (χ0) is 13.2. The van der Waals surface area contributed by atoms with E-state index in [0.717, 1.165) is 12.0 Å². The van der Waals surface area contributed by atoms with E-state index in [-0.39, 0.29) is 0 Å². The molecule has 1 heterocycles. The van der Waals surface area contributed by atoms with E-state index in [9.17, 15) is 0 Å². The van der Waals surface area contributed by atoms with Crippen molar-refractivity contribution in [1.82, 2.24) is 10.2 Å². The zero-order valence-electron chi connectivity index (χ0n) is 12.9. The molecular formula is C16H34N2. The summed E-state index contributed by atoms with van der Waals surface area (Å²) in [4.78, 5) is 2.68. The van der Waals surface area contributed by atoms with Gasteiger partial charge in [0.05, 0.1) is 0 Å². The zero-order valence-corrected chi connectivity index (χ0v) is 12.9. The van der Waals surface area contributed by atoms with Crippen LogP contribution in [0.25, 0.3) is 0 Å². The number of likely N-dealkylation sites (tertiary alicyclic amines) is 1. The van der Waals surface area contributed by atoms with Crippen molar-refractivity contribution in [1.29, 1.82) is 0 Å². The highest BCUT2D eigenvalue weighted by Gasteiger charge is 2.24. The van der Waals surface area contributed by atoms with E-state index in [1.54, 1.807) is 0 Å². The van der Waals surface area contributed by atoms with E-state index in [0.29, 0.717) is 0 Å². The third kappa shape index (κ3) is 6.19. The molecule has 1 saturated heterocycles. The van der Waals surface area contributed by atoms with Crippen LogP contribution < -0.4 is 5.32 Å². The summed E-state index contributed by atoms with van der Waals surface area (Å²) in [5, 5.41) is 3.70. The molecule has 2 unspecified atom stereocenters. The maximum absolute atomic E-state index is 3.70. The minimum Gasteiger partial charge on any atom is -0.314 e. The van der Waals surface area contributed by atoms with Gasteiger partial charge in [0.2, 0.25) is 0 Å². The topological polar surface area (TPSA) is 15.3 Å². The Morgan fingerprint density at radius 3 is 2.50 bits per heavy atom. The van der Waals surface area contributed by atoms with Crippen LogP contribution in [0.4, 0.5) is 0 Å². The van der Waals surface area contributed by atoms with Crippen LogP contribution in [0.15, 0.2) is 0 Å². The lowest BCUT2D eigenvalue weighted by Gasteiger charge is -2.37. The maximum Gasteiger partial charge on any atom is 0.0117 e. The molecule has 2 heteroatoms. The van der Waals surface area contributed by atoms with Crippen molar-refractivity contribution in [2.24, 2.45) is 5.92 Å². The van der Waals surface area contributed by atoms with Crippen LogP contribution in [0.3, 0.4) is 0 Å². The van der Waals surface area contributed by atoms with E-state index in [2.05, 4.69) is 31.0 Å². The van der Waals surface area contributed by atoms with Crippen molar-refractivity contribution in [3.8, 4) is 0 Å². The van der Waals surface area contributed by atoms with Crippen molar-refractivity contribution >= 4 is 0 Å². The van der Waals surface area contributed by atoms with Gasteiger partial charge in [-0.05, 0) is 44.8 Å². The van der Waals surface area contributed by atoms with Crippen molar-refractivity contribution in [2.45, 2.75) is 71.8 Å². The number of rotatable bonds is 9. The summed E-state index contributed by atoms with van der Waals surface area (Å²) in [6, 6.07) is 0.765. The highest BCUT2D eigenvalue weighted by atomic mass is 15.1. The molecule has 2 nitrogen and oxygen atoms in total. The number of piperidine rings is 1. The van der Waals surface area contributed by atoms with Gasteiger partial charge in [-0.1, -0.05) is 46.5 Å². The predicted molar refractivity (Wildman–Crippen MR) is 81.1 cm³/mol. The lowest BCUT2D eigenvalue weighted by atomic mass is 9.93. The van der Waals surface area contributed by atoms with Crippen molar-refractivity contribution in [3.05, 3.63) is 0 Å². The fourth-order valence-corrected chi connectivity index (χ4v) is 3.01. The van der Waals surface area contributed by atoms with E-state index in [1.807, 2.05) is 0 Å². The fraction of sp³-hybridized carbons (Fsp3) is 1.00. The summed E-state index contributed by atoms with van der Waals surface area (Å²) < 4.78 is 0. The molecule has 0 amide bonds. The average Bonchev–Trinajstić information content (AvgIpc) is 2.37. The standard InChI is InChI=1S/C16H34N2/c1-4-6-7-8-9-12-18-13-10-16(15(3)14-18)17-11-5-2/h15-17H,4-14H2,1-3H3. The van der Waals surface area contributed by atoms with Gasteiger partial charge in [0.1, 0.15) is 0 Å². The Kier molecular flexibility index (Phi) is 8.70. The monoisotopic (exact) mass is 254 g/mol. The van der Waals surface area contributed by atoms with Crippen molar-refractivity contribution < 1.29 is 0 Å². The van der Waals surface area contributed by atoms with Gasteiger partial charge in [-0.15, -0.1) is 0 Å². The molecule has 0 aliphatic carbocycles. The minimum atomic E-state index is 0.765. The van der Waals surface area contributed by atoms with E-state index >= 15 is 0 Å². The van der Waals surface area contributed by atoms with Crippen LogP contribution in [-0.4, -0.2) is 37.1 Å². The first-order valence-electron chi connectivity index (χ1n) is 8.23. The number of hydrogen-bond donors (Lipinski definition) is 1. The number of nitrogens with zero attached hydrogens (tertiary/aromatic N) is 1. The third-order valence-corrected chi connectivity index (χ3v) is 4.22. The van der Waals surface area contributed by atoms with Crippen LogP contribution in [0, 0.1) is 5.92 Å². The molecule has 1 N–H and O–H groups in total. The molecule has 1 aliphatic rings. The summed E-state index contributed by atoms with van der Waals surface area (Å²) in [5.74, 6) is 0.820. The second kappa shape index (κ2) is 9.80. The van der Waals surface area contributed by atoms with E-state index < -0.39 is 0 Å². The second-order valence-electron chi connectivity index (χ2n) is 6.04. The molecule has 1 fully saturated rings. The Balaban J connectivity index is 2.08. The molecule has 1 aliphatic heterocycles. The normalized spacial score (nSPS) is 25.5. The van der Waals surface area contributed by atoms with Gasteiger partial charge in [0, 0.05) is 12.6 Å². The van der Waals surface area contributed by atoms with Gasteiger partial charge in [-0.3, -0.25) is 0 Å². The Hall–Kier alpha value is -0.0800. The summed E-state index contributed by atoms with van der Waals surface area (Å²) in [6.45, 7) is 12.1. The van der Waals surface area contributed by atoms with Crippen LogP contribution in [-0.2, 0) is 0 Å². The van der Waals surface area contributed by atoms with Gasteiger partial charge in [-0.25, -0.2) is 0 Å².